The minimum atomic E-state index is 0. The van der Waals surface area contributed by atoms with Gasteiger partial charge in [0.15, 0.2) is 12.1 Å². The molecule has 0 atom stereocenters. The molecular formula is C17H13N3OZn. The van der Waals surface area contributed by atoms with Crippen molar-refractivity contribution in [2.45, 2.75) is 6.92 Å². The maximum atomic E-state index is 11.2. The predicted octanol–water partition coefficient (Wildman–Crippen LogP) is 4.77. The summed E-state index contributed by atoms with van der Waals surface area (Å²) in [6.07, 6.45) is 2.48. The summed E-state index contributed by atoms with van der Waals surface area (Å²) in [7, 11) is 0. The van der Waals surface area contributed by atoms with Crippen LogP contribution in [0.1, 0.15) is 15.9 Å². The smallest absolute Gasteiger partial charge is 0.174 e. The molecule has 5 heteroatoms. The van der Waals surface area contributed by atoms with Crippen molar-refractivity contribution >= 4 is 28.6 Å². The van der Waals surface area contributed by atoms with E-state index in [-0.39, 0.29) is 19.5 Å². The van der Waals surface area contributed by atoms with Gasteiger partial charge in [-0.05, 0) is 36.1 Å². The number of carbonyl (C=O) groups is 1. The Labute approximate surface area is 141 Å². The monoisotopic (exact) mass is 339 g/mol. The maximum absolute atomic E-state index is 11.2. The molecule has 3 rings (SSSR count). The van der Waals surface area contributed by atoms with Crippen LogP contribution in [0.3, 0.4) is 0 Å². The molecular weight excluding hydrogens is 328 g/mol. The Hall–Kier alpha value is -2.26. The summed E-state index contributed by atoms with van der Waals surface area (Å²) < 4.78 is 0. The molecule has 0 saturated carbocycles. The number of carbonyl (C=O) groups excluding carboxylic acids is 1. The average Bonchev–Trinajstić information content (AvgIpc) is 2.52. The minimum Gasteiger partial charge on any atom is -0.298 e. The van der Waals surface area contributed by atoms with Crippen molar-refractivity contribution < 1.29 is 24.3 Å². The first-order chi connectivity index (χ1) is 10.3. The molecule has 0 aliphatic carbocycles. The van der Waals surface area contributed by atoms with Crippen LogP contribution in [0, 0.1) is 6.92 Å². The molecule has 4 nitrogen and oxygen atoms in total. The van der Waals surface area contributed by atoms with Gasteiger partial charge in [-0.15, -0.1) is 10.2 Å². The van der Waals surface area contributed by atoms with Crippen molar-refractivity contribution in [3.05, 3.63) is 65.9 Å². The topological polar surface area (TPSA) is 54.7 Å². The number of benzene rings is 2. The van der Waals surface area contributed by atoms with Crippen LogP contribution < -0.4 is 0 Å². The van der Waals surface area contributed by atoms with Gasteiger partial charge < -0.3 is 0 Å². The molecule has 3 aromatic rings. The van der Waals surface area contributed by atoms with E-state index in [1.807, 2.05) is 49.4 Å². The van der Waals surface area contributed by atoms with E-state index in [1.54, 1.807) is 12.3 Å². The number of pyridine rings is 1. The summed E-state index contributed by atoms with van der Waals surface area (Å²) in [5.41, 5.74) is 2.16. The summed E-state index contributed by atoms with van der Waals surface area (Å²) in [4.78, 5) is 15.4. The fraction of sp³-hybridized carbons (Fsp3) is 0.0588. The molecule has 0 bridgehead atoms. The molecule has 22 heavy (non-hydrogen) atoms. The number of nitrogens with zero attached hydrogens (tertiary/aromatic N) is 3. The number of rotatable bonds is 3. The summed E-state index contributed by atoms with van der Waals surface area (Å²) in [5.74, 6) is 0.528. The molecule has 0 aliphatic heterocycles. The summed E-state index contributed by atoms with van der Waals surface area (Å²) in [6.45, 7) is 1.97. The van der Waals surface area contributed by atoms with Crippen molar-refractivity contribution in [1.82, 2.24) is 4.98 Å². The van der Waals surface area contributed by atoms with Gasteiger partial charge in [0.1, 0.15) is 5.69 Å². The largest absolute Gasteiger partial charge is 0.298 e. The molecule has 0 unspecified atom stereocenters. The van der Waals surface area contributed by atoms with Gasteiger partial charge in [-0.25, -0.2) is 4.98 Å². The van der Waals surface area contributed by atoms with Crippen molar-refractivity contribution in [3.8, 4) is 0 Å². The predicted molar refractivity (Wildman–Crippen MR) is 82.5 cm³/mol. The Bertz CT molecular complexity index is 846. The summed E-state index contributed by atoms with van der Waals surface area (Å²) in [5, 5.41) is 10.3. The van der Waals surface area contributed by atoms with E-state index in [0.29, 0.717) is 17.1 Å². The van der Waals surface area contributed by atoms with Gasteiger partial charge in [0.25, 0.3) is 0 Å². The van der Waals surface area contributed by atoms with Gasteiger partial charge >= 0.3 is 0 Å². The van der Waals surface area contributed by atoms with E-state index in [1.165, 1.54) is 0 Å². The molecule has 1 heterocycles. The number of aryl methyl sites for hydroxylation is 1. The van der Waals surface area contributed by atoms with Gasteiger partial charge in [-0.1, -0.05) is 30.3 Å². The van der Waals surface area contributed by atoms with E-state index in [9.17, 15) is 4.79 Å². The number of hydrogen-bond donors (Lipinski definition) is 0. The molecule has 0 radical (unpaired) electrons. The Balaban J connectivity index is 0.00000176. The molecule has 2 aromatic carbocycles. The van der Waals surface area contributed by atoms with Crippen LogP contribution >= 0.6 is 0 Å². The van der Waals surface area contributed by atoms with Crippen LogP contribution in [0.25, 0.3) is 10.8 Å². The van der Waals surface area contributed by atoms with Gasteiger partial charge in [0.05, 0.1) is 0 Å². The third-order valence-electron chi connectivity index (χ3n) is 3.21. The molecule has 0 N–H and O–H groups in total. The van der Waals surface area contributed by atoms with Gasteiger partial charge in [0.2, 0.25) is 0 Å². The first-order valence-corrected chi connectivity index (χ1v) is 6.59. The Morgan fingerprint density at radius 3 is 2.64 bits per heavy atom. The van der Waals surface area contributed by atoms with Gasteiger partial charge in [0, 0.05) is 36.6 Å². The second-order valence-electron chi connectivity index (χ2n) is 4.73. The summed E-state index contributed by atoms with van der Waals surface area (Å²) >= 11 is 0. The average molecular weight is 341 g/mol. The van der Waals surface area contributed by atoms with Gasteiger partial charge in [-0.3, -0.25) is 4.79 Å². The first kappa shape index (κ1) is 16.1. The summed E-state index contributed by atoms with van der Waals surface area (Å²) in [6, 6.07) is 15.2. The molecule has 0 fully saturated rings. The van der Waals surface area contributed by atoms with Crippen molar-refractivity contribution in [2.75, 3.05) is 0 Å². The fourth-order valence-corrected chi connectivity index (χ4v) is 2.15. The van der Waals surface area contributed by atoms with Crippen LogP contribution in [-0.4, -0.2) is 11.3 Å². The van der Waals surface area contributed by atoms with Crippen LogP contribution in [-0.2, 0) is 19.5 Å². The van der Waals surface area contributed by atoms with Crippen LogP contribution in [0.4, 0.5) is 11.5 Å². The fourth-order valence-electron chi connectivity index (χ4n) is 2.15. The number of hydrogen-bond acceptors (Lipinski definition) is 4. The number of aldehydes is 1. The third-order valence-corrected chi connectivity index (χ3v) is 3.21. The Morgan fingerprint density at radius 1 is 1.05 bits per heavy atom. The Morgan fingerprint density at radius 2 is 1.86 bits per heavy atom. The quantitative estimate of drug-likeness (QED) is 0.392. The number of azo groups is 1. The van der Waals surface area contributed by atoms with E-state index >= 15 is 0 Å². The number of fused-ring (bicyclic) bond motifs is 1. The van der Waals surface area contributed by atoms with Crippen molar-refractivity contribution in [3.63, 3.8) is 0 Å². The van der Waals surface area contributed by atoms with Crippen LogP contribution in [0.2, 0.25) is 0 Å². The second kappa shape index (κ2) is 7.14. The zero-order valence-corrected chi connectivity index (χ0v) is 15.2. The zero-order valence-electron chi connectivity index (χ0n) is 12.2. The Kier molecular flexibility index (Phi) is 5.23. The van der Waals surface area contributed by atoms with Crippen molar-refractivity contribution in [1.29, 1.82) is 0 Å². The first-order valence-electron chi connectivity index (χ1n) is 6.59. The second-order valence-corrected chi connectivity index (χ2v) is 4.73. The molecule has 0 spiro atoms. The van der Waals surface area contributed by atoms with E-state index < -0.39 is 0 Å². The molecule has 1 aromatic heterocycles. The molecule has 104 valence electrons. The maximum Gasteiger partial charge on any atom is 0.174 e. The standard InChI is InChI=1S/C17H13N3O.Zn/c1-12-8-9-18-16(10-12)19-20-17-14(11-21)7-6-13-4-2-3-5-15(13)17;/h2-11H,1H3;. The van der Waals surface area contributed by atoms with Crippen molar-refractivity contribution in [2.24, 2.45) is 10.2 Å². The van der Waals surface area contributed by atoms with E-state index in [0.717, 1.165) is 22.6 Å². The normalized spacial score (nSPS) is 10.6. The zero-order chi connectivity index (χ0) is 14.7. The third kappa shape index (κ3) is 3.31. The minimum absolute atomic E-state index is 0. The van der Waals surface area contributed by atoms with E-state index in [4.69, 9.17) is 0 Å². The van der Waals surface area contributed by atoms with E-state index in [2.05, 4.69) is 15.2 Å². The number of aromatic nitrogens is 1. The molecule has 0 saturated heterocycles. The molecule has 0 aliphatic rings. The van der Waals surface area contributed by atoms with Gasteiger partial charge in [-0.2, -0.15) is 0 Å². The van der Waals surface area contributed by atoms with Crippen LogP contribution in [0.15, 0.2) is 65.0 Å². The SMILES string of the molecule is Cc1ccnc(N=Nc2c(C=O)ccc3ccccc23)c1.[Zn]. The molecule has 0 amide bonds. The van der Waals surface area contributed by atoms with Crippen LogP contribution in [0.5, 0.6) is 0 Å².